The van der Waals surface area contributed by atoms with Gasteiger partial charge < -0.3 is 5.73 Å². The highest BCUT2D eigenvalue weighted by Crippen LogP contribution is 2.35. The third-order valence-corrected chi connectivity index (χ3v) is 5.58. The number of rotatable bonds is 5. The largest absolute Gasteiger partial charge is 0.368 e. The summed E-state index contributed by atoms with van der Waals surface area (Å²) in [6.45, 7) is 9.46. The highest BCUT2D eigenvalue weighted by atomic mass is 15.5. The number of nitrogens with two attached hydrogens (primary N) is 1. The van der Waals surface area contributed by atoms with Crippen LogP contribution in [0.2, 0.25) is 0 Å². The number of aromatic nitrogens is 11. The van der Waals surface area contributed by atoms with Gasteiger partial charge in [0.15, 0.2) is 17.2 Å². The maximum atomic E-state index is 7.39. The van der Waals surface area contributed by atoms with Crippen molar-refractivity contribution in [3.8, 4) is 34.0 Å². The van der Waals surface area contributed by atoms with Gasteiger partial charge in [-0.2, -0.15) is 4.52 Å². The molecule has 2 N–H and O–H groups in total. The van der Waals surface area contributed by atoms with Gasteiger partial charge in [-0.1, -0.05) is 24.3 Å². The molecule has 0 aliphatic carbocycles. The Balaban J connectivity index is 1.51. The minimum Gasteiger partial charge on any atom is -0.368 e. The number of benzene rings is 1. The molecular formula is C24H17N13. The van der Waals surface area contributed by atoms with Gasteiger partial charge >= 0.3 is 0 Å². The standard InChI is InChI=1S/C24H17N13/c1-14-5-3-8-18(29-14)22-32-34-35-36(22)12-19-30-23-20(17-9-10-27-13-28-17)21(31-24(25)37(23)33-19)15-6-4-7-16(11-15)26-2/h3-11,13H,12H2,1H3,(H2,25,31). The fraction of sp³-hybridized carbons (Fsp3) is 0.0833. The first kappa shape index (κ1) is 21.9. The second-order valence-corrected chi connectivity index (χ2v) is 8.04. The van der Waals surface area contributed by atoms with Crippen LogP contribution in [0, 0.1) is 13.5 Å². The van der Waals surface area contributed by atoms with Crippen LogP contribution in [-0.4, -0.2) is 54.7 Å². The topological polar surface area (TPSA) is 156 Å². The van der Waals surface area contributed by atoms with E-state index in [2.05, 4.69) is 45.4 Å². The summed E-state index contributed by atoms with van der Waals surface area (Å²) in [6, 6.07) is 14.5. The number of nitrogens with zero attached hydrogens (tertiary/aromatic N) is 12. The second-order valence-electron chi connectivity index (χ2n) is 8.04. The highest BCUT2D eigenvalue weighted by Gasteiger charge is 2.22. The summed E-state index contributed by atoms with van der Waals surface area (Å²) < 4.78 is 3.04. The Labute approximate surface area is 209 Å². The Morgan fingerprint density at radius 3 is 2.73 bits per heavy atom. The Kier molecular flexibility index (Phi) is 5.23. The van der Waals surface area contributed by atoms with E-state index in [0.717, 1.165) is 5.69 Å². The van der Waals surface area contributed by atoms with Crippen molar-refractivity contribution >= 4 is 17.3 Å². The van der Waals surface area contributed by atoms with Crippen LogP contribution < -0.4 is 5.73 Å². The Hall–Kier alpha value is -5.64. The van der Waals surface area contributed by atoms with Gasteiger partial charge in [-0.3, -0.25) is 0 Å². The van der Waals surface area contributed by atoms with Crippen LogP contribution >= 0.6 is 0 Å². The predicted molar refractivity (Wildman–Crippen MR) is 133 cm³/mol. The summed E-state index contributed by atoms with van der Waals surface area (Å²) in [5.74, 6) is 1.03. The van der Waals surface area contributed by atoms with Crippen LogP contribution in [0.15, 0.2) is 61.1 Å². The normalized spacial score (nSPS) is 11.0. The summed E-state index contributed by atoms with van der Waals surface area (Å²) in [5, 5.41) is 16.6. The molecule has 6 aromatic rings. The molecule has 0 amide bonds. The van der Waals surface area contributed by atoms with Crippen LogP contribution in [0.3, 0.4) is 0 Å². The van der Waals surface area contributed by atoms with Crippen molar-refractivity contribution in [3.63, 3.8) is 0 Å². The number of tetrazole rings is 1. The Bertz CT molecular complexity index is 1800. The fourth-order valence-corrected chi connectivity index (χ4v) is 3.97. The van der Waals surface area contributed by atoms with Gasteiger partial charge in [-0.25, -0.2) is 34.4 Å². The van der Waals surface area contributed by atoms with E-state index in [4.69, 9.17) is 17.3 Å². The zero-order chi connectivity index (χ0) is 25.4. The van der Waals surface area contributed by atoms with Crippen molar-refractivity contribution in [1.29, 1.82) is 0 Å². The summed E-state index contributed by atoms with van der Waals surface area (Å²) in [4.78, 5) is 25.9. The lowest BCUT2D eigenvalue weighted by atomic mass is 10.0. The average molecular weight is 487 g/mol. The van der Waals surface area contributed by atoms with Crippen molar-refractivity contribution in [2.45, 2.75) is 13.5 Å². The van der Waals surface area contributed by atoms with E-state index < -0.39 is 0 Å². The molecule has 0 bridgehead atoms. The maximum Gasteiger partial charge on any atom is 0.223 e. The molecule has 0 atom stereocenters. The molecule has 37 heavy (non-hydrogen) atoms. The minimum atomic E-state index is 0.132. The van der Waals surface area contributed by atoms with Crippen LogP contribution in [0.5, 0.6) is 0 Å². The number of aryl methyl sites for hydroxylation is 1. The zero-order valence-corrected chi connectivity index (χ0v) is 19.4. The van der Waals surface area contributed by atoms with Crippen molar-refractivity contribution in [2.75, 3.05) is 5.73 Å². The third-order valence-electron chi connectivity index (χ3n) is 5.58. The zero-order valence-electron chi connectivity index (χ0n) is 19.4. The van der Waals surface area contributed by atoms with Crippen LogP contribution in [0.4, 0.5) is 11.6 Å². The molecule has 0 saturated heterocycles. The molecule has 0 radical (unpaired) electrons. The van der Waals surface area contributed by atoms with Crippen LogP contribution in [0.25, 0.3) is 44.5 Å². The van der Waals surface area contributed by atoms with Crippen molar-refractivity contribution in [1.82, 2.24) is 54.7 Å². The van der Waals surface area contributed by atoms with E-state index in [-0.39, 0.29) is 12.5 Å². The second kappa shape index (κ2) is 8.86. The van der Waals surface area contributed by atoms with E-state index in [9.17, 15) is 0 Å². The smallest absolute Gasteiger partial charge is 0.223 e. The molecule has 0 aliphatic rings. The molecule has 0 aliphatic heterocycles. The molecule has 5 heterocycles. The minimum absolute atomic E-state index is 0.132. The molecule has 13 heteroatoms. The summed E-state index contributed by atoms with van der Waals surface area (Å²) in [7, 11) is 0. The Morgan fingerprint density at radius 1 is 1.03 bits per heavy atom. The predicted octanol–water partition coefficient (Wildman–Crippen LogP) is 2.79. The number of anilines is 1. The fourth-order valence-electron chi connectivity index (χ4n) is 3.97. The number of pyridine rings is 1. The van der Waals surface area contributed by atoms with Crippen molar-refractivity contribution in [2.24, 2.45) is 0 Å². The third kappa shape index (κ3) is 3.98. The van der Waals surface area contributed by atoms with E-state index >= 15 is 0 Å². The molecule has 13 nitrogen and oxygen atoms in total. The average Bonchev–Trinajstić information content (AvgIpc) is 3.57. The Morgan fingerprint density at radius 2 is 1.92 bits per heavy atom. The first-order valence-corrected chi connectivity index (χ1v) is 11.1. The molecule has 0 fully saturated rings. The quantitative estimate of drug-likeness (QED) is 0.359. The van der Waals surface area contributed by atoms with Gasteiger partial charge in [0.1, 0.15) is 18.6 Å². The molecule has 6 rings (SSSR count). The number of fused-ring (bicyclic) bond motifs is 1. The first-order valence-electron chi connectivity index (χ1n) is 11.1. The van der Waals surface area contributed by atoms with Gasteiger partial charge in [-0.15, -0.1) is 10.2 Å². The maximum absolute atomic E-state index is 7.39. The van der Waals surface area contributed by atoms with Gasteiger partial charge in [0.25, 0.3) is 0 Å². The summed E-state index contributed by atoms with van der Waals surface area (Å²) in [5.41, 5.74) is 11.2. The number of nitrogen functional groups attached to an aromatic ring is 1. The number of hydrogen-bond acceptors (Lipinski definition) is 10. The molecule has 1 aromatic carbocycles. The molecule has 5 aromatic heterocycles. The van der Waals surface area contributed by atoms with Crippen molar-refractivity contribution in [3.05, 3.63) is 84.0 Å². The van der Waals surface area contributed by atoms with E-state index in [0.29, 0.717) is 51.2 Å². The van der Waals surface area contributed by atoms with E-state index in [1.807, 2.05) is 31.2 Å². The molecule has 178 valence electrons. The summed E-state index contributed by atoms with van der Waals surface area (Å²) >= 11 is 0. The summed E-state index contributed by atoms with van der Waals surface area (Å²) in [6.07, 6.45) is 3.08. The lowest BCUT2D eigenvalue weighted by molar-refractivity contribution is 0.627. The van der Waals surface area contributed by atoms with E-state index in [1.54, 1.807) is 35.1 Å². The van der Waals surface area contributed by atoms with Crippen molar-refractivity contribution < 1.29 is 0 Å². The van der Waals surface area contributed by atoms with Gasteiger partial charge in [0.2, 0.25) is 11.8 Å². The molecule has 0 spiro atoms. The molecule has 0 unspecified atom stereocenters. The van der Waals surface area contributed by atoms with Crippen LogP contribution in [-0.2, 0) is 6.54 Å². The lowest BCUT2D eigenvalue weighted by Crippen LogP contribution is -2.08. The first-order chi connectivity index (χ1) is 18.1. The van der Waals surface area contributed by atoms with Gasteiger partial charge in [0, 0.05) is 11.9 Å². The molecular weight excluding hydrogens is 470 g/mol. The molecule has 0 saturated carbocycles. The highest BCUT2D eigenvalue weighted by molar-refractivity contribution is 5.89. The van der Waals surface area contributed by atoms with Crippen LogP contribution in [0.1, 0.15) is 11.5 Å². The number of hydrogen-bond donors (Lipinski definition) is 1. The SMILES string of the molecule is [C-]#[N+]c1cccc(-c2nc(N)n3nc(Cn4nnnc4-c4cccc(C)n4)nc3c2-c2ccncn2)c1. The lowest BCUT2D eigenvalue weighted by Gasteiger charge is -2.11. The van der Waals surface area contributed by atoms with Gasteiger partial charge in [0.05, 0.1) is 23.5 Å². The van der Waals surface area contributed by atoms with Gasteiger partial charge in [-0.05, 0) is 47.2 Å². The monoisotopic (exact) mass is 487 g/mol. The van der Waals surface area contributed by atoms with E-state index in [1.165, 1.54) is 10.8 Å².